The van der Waals surface area contributed by atoms with Gasteiger partial charge in [-0.25, -0.2) is 4.79 Å². The van der Waals surface area contributed by atoms with Crippen molar-refractivity contribution in [2.75, 3.05) is 26.1 Å². The van der Waals surface area contributed by atoms with Gasteiger partial charge in [-0.3, -0.25) is 9.59 Å². The van der Waals surface area contributed by atoms with E-state index in [0.29, 0.717) is 18.7 Å². The van der Waals surface area contributed by atoms with Gasteiger partial charge in [-0.05, 0) is 42.3 Å². The summed E-state index contributed by atoms with van der Waals surface area (Å²) in [5, 5.41) is 5.00. The zero-order chi connectivity index (χ0) is 18.9. The molecule has 2 aromatic carbocycles. The van der Waals surface area contributed by atoms with Gasteiger partial charge in [0, 0.05) is 12.2 Å². The van der Waals surface area contributed by atoms with E-state index < -0.39 is 17.8 Å². The van der Waals surface area contributed by atoms with Crippen LogP contribution >= 0.6 is 0 Å². The smallest absolute Gasteiger partial charge is 0.337 e. The number of methoxy groups -OCH3 is 2. The highest BCUT2D eigenvalue weighted by molar-refractivity contribution is 6.39. The summed E-state index contributed by atoms with van der Waals surface area (Å²) < 4.78 is 9.75. The Kier molecular flexibility index (Phi) is 6.73. The molecule has 2 rings (SSSR count). The Bertz CT molecular complexity index is 804. The third-order valence-electron chi connectivity index (χ3n) is 3.58. The minimum atomic E-state index is -0.808. The lowest BCUT2D eigenvalue weighted by Gasteiger charge is -2.08. The van der Waals surface area contributed by atoms with E-state index in [9.17, 15) is 14.4 Å². The average Bonchev–Trinajstić information content (AvgIpc) is 2.67. The highest BCUT2D eigenvalue weighted by atomic mass is 16.5. The second-order valence-electron chi connectivity index (χ2n) is 5.38. The lowest BCUT2D eigenvalue weighted by Crippen LogP contribution is -2.36. The van der Waals surface area contributed by atoms with Gasteiger partial charge in [-0.15, -0.1) is 0 Å². The molecule has 136 valence electrons. The monoisotopic (exact) mass is 356 g/mol. The third-order valence-corrected chi connectivity index (χ3v) is 3.58. The third kappa shape index (κ3) is 5.34. The van der Waals surface area contributed by atoms with E-state index in [1.807, 2.05) is 24.3 Å². The van der Waals surface area contributed by atoms with Crippen LogP contribution < -0.4 is 15.4 Å². The van der Waals surface area contributed by atoms with Crippen molar-refractivity contribution < 1.29 is 23.9 Å². The van der Waals surface area contributed by atoms with Crippen LogP contribution in [0.1, 0.15) is 15.9 Å². The van der Waals surface area contributed by atoms with E-state index in [1.165, 1.54) is 13.2 Å². The second-order valence-corrected chi connectivity index (χ2v) is 5.38. The van der Waals surface area contributed by atoms with Crippen LogP contribution in [0.15, 0.2) is 48.5 Å². The van der Waals surface area contributed by atoms with Gasteiger partial charge in [0.1, 0.15) is 5.75 Å². The maximum Gasteiger partial charge on any atom is 0.337 e. The standard InChI is InChI=1S/C19H20N2O5/c1-25-16-8-3-5-13(11-16)9-10-20-17(22)18(23)21-15-7-4-6-14(12-15)19(24)26-2/h3-8,11-12H,9-10H2,1-2H3,(H,20,22)(H,21,23). The highest BCUT2D eigenvalue weighted by Crippen LogP contribution is 2.13. The van der Waals surface area contributed by atoms with E-state index in [1.54, 1.807) is 25.3 Å². The first-order valence-electron chi connectivity index (χ1n) is 7.94. The Labute approximate surface area is 151 Å². The first-order valence-corrected chi connectivity index (χ1v) is 7.94. The van der Waals surface area contributed by atoms with Gasteiger partial charge in [0.05, 0.1) is 19.8 Å². The summed E-state index contributed by atoms with van der Waals surface area (Å²) in [6.07, 6.45) is 0.564. The molecule has 0 aliphatic heterocycles. The first kappa shape index (κ1) is 19.0. The van der Waals surface area contributed by atoms with E-state index in [2.05, 4.69) is 15.4 Å². The molecule has 7 heteroatoms. The average molecular weight is 356 g/mol. The van der Waals surface area contributed by atoms with Gasteiger partial charge in [0.2, 0.25) is 0 Å². The normalized spacial score (nSPS) is 9.92. The summed E-state index contributed by atoms with van der Waals surface area (Å²) in [6, 6.07) is 13.6. The maximum absolute atomic E-state index is 11.9. The molecule has 0 atom stereocenters. The van der Waals surface area contributed by atoms with Crippen LogP contribution in [0.5, 0.6) is 5.75 Å². The molecule has 0 saturated heterocycles. The Hall–Kier alpha value is -3.35. The summed E-state index contributed by atoms with van der Waals surface area (Å²) in [7, 11) is 2.85. The second kappa shape index (κ2) is 9.22. The van der Waals surface area contributed by atoms with Crippen LogP contribution in [0.3, 0.4) is 0 Å². The van der Waals surface area contributed by atoms with Crippen LogP contribution in [0, 0.1) is 0 Å². The van der Waals surface area contributed by atoms with Gasteiger partial charge < -0.3 is 20.1 Å². The van der Waals surface area contributed by atoms with Gasteiger partial charge in [0.15, 0.2) is 0 Å². The number of hydrogen-bond donors (Lipinski definition) is 2. The largest absolute Gasteiger partial charge is 0.497 e. The van der Waals surface area contributed by atoms with Crippen molar-refractivity contribution >= 4 is 23.5 Å². The molecule has 0 bridgehead atoms. The van der Waals surface area contributed by atoms with E-state index in [4.69, 9.17) is 4.74 Å². The molecule has 0 aliphatic carbocycles. The topological polar surface area (TPSA) is 93.7 Å². The Morgan fingerprint density at radius 3 is 2.46 bits per heavy atom. The van der Waals surface area contributed by atoms with Crippen molar-refractivity contribution in [1.82, 2.24) is 5.32 Å². The lowest BCUT2D eigenvalue weighted by atomic mass is 10.1. The predicted octanol–water partition coefficient (Wildman–Crippen LogP) is 1.78. The molecule has 0 unspecified atom stereocenters. The number of amides is 2. The lowest BCUT2D eigenvalue weighted by molar-refractivity contribution is -0.136. The summed E-state index contributed by atoms with van der Waals surface area (Å²) in [5.41, 5.74) is 1.60. The molecule has 0 saturated carbocycles. The van der Waals surface area contributed by atoms with Crippen molar-refractivity contribution in [3.8, 4) is 5.75 Å². The Morgan fingerprint density at radius 1 is 0.962 bits per heavy atom. The Balaban J connectivity index is 1.85. The summed E-state index contributed by atoms with van der Waals surface area (Å²) in [6.45, 7) is 0.307. The molecule has 7 nitrogen and oxygen atoms in total. The Morgan fingerprint density at radius 2 is 1.73 bits per heavy atom. The van der Waals surface area contributed by atoms with Gasteiger partial charge >= 0.3 is 17.8 Å². The quantitative estimate of drug-likeness (QED) is 0.608. The van der Waals surface area contributed by atoms with Crippen LogP contribution in [0.25, 0.3) is 0 Å². The van der Waals surface area contributed by atoms with Gasteiger partial charge in [-0.2, -0.15) is 0 Å². The summed E-state index contributed by atoms with van der Waals surface area (Å²) >= 11 is 0. The number of ether oxygens (including phenoxy) is 2. The van der Waals surface area contributed by atoms with Gasteiger partial charge in [-0.1, -0.05) is 18.2 Å². The molecular formula is C19H20N2O5. The van der Waals surface area contributed by atoms with E-state index in [-0.39, 0.29) is 5.56 Å². The van der Waals surface area contributed by atoms with Crippen molar-refractivity contribution in [3.63, 3.8) is 0 Å². The molecule has 0 fully saturated rings. The molecule has 0 heterocycles. The van der Waals surface area contributed by atoms with E-state index in [0.717, 1.165) is 11.3 Å². The number of esters is 1. The summed E-state index contributed by atoms with van der Waals surface area (Å²) in [5.74, 6) is -1.35. The zero-order valence-electron chi connectivity index (χ0n) is 14.6. The summed E-state index contributed by atoms with van der Waals surface area (Å²) in [4.78, 5) is 35.3. The van der Waals surface area contributed by atoms with Crippen LogP contribution in [-0.2, 0) is 20.7 Å². The fourth-order valence-electron chi connectivity index (χ4n) is 2.26. The molecule has 0 radical (unpaired) electrons. The number of anilines is 1. The molecule has 2 aromatic rings. The fraction of sp³-hybridized carbons (Fsp3) is 0.211. The van der Waals surface area contributed by atoms with Crippen molar-refractivity contribution in [2.24, 2.45) is 0 Å². The number of benzene rings is 2. The molecular weight excluding hydrogens is 336 g/mol. The van der Waals surface area contributed by atoms with Crippen molar-refractivity contribution in [3.05, 3.63) is 59.7 Å². The number of nitrogens with one attached hydrogen (secondary N) is 2. The van der Waals surface area contributed by atoms with Crippen LogP contribution in [-0.4, -0.2) is 38.5 Å². The zero-order valence-corrected chi connectivity index (χ0v) is 14.6. The number of carbonyl (C=O) groups is 3. The van der Waals surface area contributed by atoms with Crippen molar-refractivity contribution in [1.29, 1.82) is 0 Å². The van der Waals surface area contributed by atoms with Crippen LogP contribution in [0.2, 0.25) is 0 Å². The SMILES string of the molecule is COC(=O)c1cccc(NC(=O)C(=O)NCCc2cccc(OC)c2)c1. The highest BCUT2D eigenvalue weighted by Gasteiger charge is 2.14. The molecule has 2 amide bonds. The molecule has 26 heavy (non-hydrogen) atoms. The fourth-order valence-corrected chi connectivity index (χ4v) is 2.26. The molecule has 0 aromatic heterocycles. The van der Waals surface area contributed by atoms with E-state index >= 15 is 0 Å². The predicted molar refractivity (Wildman–Crippen MR) is 96.1 cm³/mol. The maximum atomic E-state index is 11.9. The molecule has 2 N–H and O–H groups in total. The minimum Gasteiger partial charge on any atom is -0.497 e. The number of carbonyl (C=O) groups excluding carboxylic acids is 3. The number of hydrogen-bond acceptors (Lipinski definition) is 5. The first-order chi connectivity index (χ1) is 12.5. The van der Waals surface area contributed by atoms with Crippen molar-refractivity contribution in [2.45, 2.75) is 6.42 Å². The molecule has 0 aliphatic rings. The van der Waals surface area contributed by atoms with Crippen LogP contribution in [0.4, 0.5) is 5.69 Å². The van der Waals surface area contributed by atoms with Gasteiger partial charge in [0.25, 0.3) is 0 Å². The molecule has 0 spiro atoms. The number of rotatable bonds is 6. The minimum absolute atomic E-state index is 0.281.